The van der Waals surface area contributed by atoms with E-state index >= 15 is 0 Å². The average molecular weight is 296 g/mol. The number of aryl methyl sites for hydroxylation is 1. The van der Waals surface area contributed by atoms with E-state index in [4.69, 9.17) is 0 Å². The number of hydrogen-bond acceptors (Lipinski definition) is 4. The lowest BCUT2D eigenvalue weighted by Crippen LogP contribution is -2.25. The number of anilines is 2. The summed E-state index contributed by atoms with van der Waals surface area (Å²) in [5, 5.41) is 0. The zero-order valence-corrected chi connectivity index (χ0v) is 13.5. The van der Waals surface area contributed by atoms with Gasteiger partial charge in [-0.05, 0) is 32.3 Å². The van der Waals surface area contributed by atoms with Crippen LogP contribution in [-0.4, -0.2) is 29.6 Å². The minimum absolute atomic E-state index is 0.853. The highest BCUT2D eigenvalue weighted by Gasteiger charge is 2.17. The number of aromatic nitrogens is 2. The van der Waals surface area contributed by atoms with Gasteiger partial charge in [-0.25, -0.2) is 9.97 Å². The fraction of sp³-hybridized carbons (Fsp3) is 0.444. The van der Waals surface area contributed by atoms with Crippen molar-refractivity contribution in [2.75, 3.05) is 29.4 Å². The first-order valence-corrected chi connectivity index (χ1v) is 8.16. The summed E-state index contributed by atoms with van der Waals surface area (Å²) in [6.07, 6.45) is 2.53. The van der Waals surface area contributed by atoms with Crippen LogP contribution in [0.5, 0.6) is 0 Å². The van der Waals surface area contributed by atoms with Crippen molar-refractivity contribution in [3.63, 3.8) is 0 Å². The molecule has 0 spiro atoms. The SMILES string of the molecule is CCN(Cc1ccccc1)c1cc(N2CCCC2)nc(C)n1. The minimum Gasteiger partial charge on any atom is -0.356 e. The Kier molecular flexibility index (Phi) is 4.56. The highest BCUT2D eigenvalue weighted by atomic mass is 15.2. The maximum Gasteiger partial charge on any atom is 0.134 e. The molecule has 0 amide bonds. The summed E-state index contributed by atoms with van der Waals surface area (Å²) in [7, 11) is 0. The van der Waals surface area contributed by atoms with Crippen molar-refractivity contribution in [2.45, 2.75) is 33.2 Å². The van der Waals surface area contributed by atoms with Crippen LogP contribution in [0.1, 0.15) is 31.2 Å². The van der Waals surface area contributed by atoms with Crippen molar-refractivity contribution in [3.8, 4) is 0 Å². The van der Waals surface area contributed by atoms with Crippen molar-refractivity contribution in [1.29, 1.82) is 0 Å². The fourth-order valence-corrected chi connectivity index (χ4v) is 2.97. The summed E-state index contributed by atoms with van der Waals surface area (Å²) >= 11 is 0. The van der Waals surface area contributed by atoms with Crippen LogP contribution in [0.15, 0.2) is 36.4 Å². The zero-order valence-electron chi connectivity index (χ0n) is 13.5. The molecule has 22 heavy (non-hydrogen) atoms. The van der Waals surface area contributed by atoms with E-state index in [-0.39, 0.29) is 0 Å². The molecule has 1 saturated heterocycles. The highest BCUT2D eigenvalue weighted by molar-refractivity contribution is 5.51. The normalized spacial score (nSPS) is 14.4. The Morgan fingerprint density at radius 2 is 1.82 bits per heavy atom. The van der Waals surface area contributed by atoms with Crippen molar-refractivity contribution in [2.24, 2.45) is 0 Å². The quantitative estimate of drug-likeness (QED) is 0.846. The van der Waals surface area contributed by atoms with Crippen LogP contribution in [-0.2, 0) is 6.54 Å². The molecule has 1 aliphatic rings. The van der Waals surface area contributed by atoms with E-state index in [1.807, 2.05) is 6.92 Å². The van der Waals surface area contributed by atoms with Crippen molar-refractivity contribution in [3.05, 3.63) is 47.8 Å². The summed E-state index contributed by atoms with van der Waals surface area (Å²) in [5.74, 6) is 2.96. The Morgan fingerprint density at radius 3 is 2.50 bits per heavy atom. The van der Waals surface area contributed by atoms with Gasteiger partial charge in [0.1, 0.15) is 17.5 Å². The number of nitrogens with zero attached hydrogens (tertiary/aromatic N) is 4. The van der Waals surface area contributed by atoms with Gasteiger partial charge in [0.15, 0.2) is 0 Å². The maximum absolute atomic E-state index is 4.66. The third kappa shape index (κ3) is 3.38. The van der Waals surface area contributed by atoms with Crippen LogP contribution in [0.3, 0.4) is 0 Å². The molecule has 1 aromatic heterocycles. The van der Waals surface area contributed by atoms with E-state index in [9.17, 15) is 0 Å². The first kappa shape index (κ1) is 14.8. The molecular formula is C18H24N4. The third-order valence-electron chi connectivity index (χ3n) is 4.16. The van der Waals surface area contributed by atoms with Crippen LogP contribution in [0.4, 0.5) is 11.6 Å². The fourth-order valence-electron chi connectivity index (χ4n) is 2.97. The molecule has 116 valence electrons. The van der Waals surface area contributed by atoms with Gasteiger partial charge in [0.05, 0.1) is 0 Å². The molecule has 2 aromatic rings. The molecule has 4 nitrogen and oxygen atoms in total. The topological polar surface area (TPSA) is 32.3 Å². The molecule has 0 unspecified atom stereocenters. The Labute approximate surface area is 132 Å². The summed E-state index contributed by atoms with van der Waals surface area (Å²) in [6, 6.07) is 12.7. The van der Waals surface area contributed by atoms with Crippen molar-refractivity contribution >= 4 is 11.6 Å². The summed E-state index contributed by atoms with van der Waals surface area (Å²) in [5.41, 5.74) is 1.31. The van der Waals surface area contributed by atoms with Crippen LogP contribution >= 0.6 is 0 Å². The maximum atomic E-state index is 4.66. The monoisotopic (exact) mass is 296 g/mol. The molecule has 1 aliphatic heterocycles. The second kappa shape index (κ2) is 6.77. The molecule has 1 aromatic carbocycles. The van der Waals surface area contributed by atoms with Crippen LogP contribution in [0.2, 0.25) is 0 Å². The van der Waals surface area contributed by atoms with E-state index in [0.29, 0.717) is 0 Å². The number of hydrogen-bond donors (Lipinski definition) is 0. The van der Waals surface area contributed by atoms with E-state index in [1.54, 1.807) is 0 Å². The first-order valence-electron chi connectivity index (χ1n) is 8.16. The van der Waals surface area contributed by atoms with Gasteiger partial charge >= 0.3 is 0 Å². The molecule has 0 radical (unpaired) electrons. The lowest BCUT2D eigenvalue weighted by molar-refractivity contribution is 0.799. The molecule has 0 aliphatic carbocycles. The second-order valence-corrected chi connectivity index (χ2v) is 5.83. The largest absolute Gasteiger partial charge is 0.356 e. The van der Waals surface area contributed by atoms with Gasteiger partial charge < -0.3 is 9.80 Å². The summed E-state index contributed by atoms with van der Waals surface area (Å²) < 4.78 is 0. The van der Waals surface area contributed by atoms with Gasteiger partial charge in [-0.2, -0.15) is 0 Å². The van der Waals surface area contributed by atoms with E-state index < -0.39 is 0 Å². The second-order valence-electron chi connectivity index (χ2n) is 5.83. The lowest BCUT2D eigenvalue weighted by Gasteiger charge is -2.24. The zero-order chi connectivity index (χ0) is 15.4. The van der Waals surface area contributed by atoms with Crippen molar-refractivity contribution < 1.29 is 0 Å². The van der Waals surface area contributed by atoms with Gasteiger partial charge in [-0.1, -0.05) is 30.3 Å². The van der Waals surface area contributed by atoms with Crippen LogP contribution in [0, 0.1) is 6.92 Å². The molecule has 0 N–H and O–H groups in total. The van der Waals surface area contributed by atoms with Gasteiger partial charge in [0, 0.05) is 32.2 Å². The number of benzene rings is 1. The first-order chi connectivity index (χ1) is 10.8. The molecule has 3 rings (SSSR count). The minimum atomic E-state index is 0.853. The van der Waals surface area contributed by atoms with Crippen LogP contribution < -0.4 is 9.80 Å². The molecule has 4 heteroatoms. The predicted octanol–water partition coefficient (Wildman–Crippen LogP) is 3.41. The molecule has 1 fully saturated rings. The van der Waals surface area contributed by atoms with Crippen LogP contribution in [0.25, 0.3) is 0 Å². The third-order valence-corrected chi connectivity index (χ3v) is 4.16. The summed E-state index contributed by atoms with van der Waals surface area (Å²) in [6.45, 7) is 8.20. The Morgan fingerprint density at radius 1 is 1.09 bits per heavy atom. The molecule has 0 atom stereocenters. The van der Waals surface area contributed by atoms with E-state index in [1.165, 1.54) is 18.4 Å². The van der Waals surface area contributed by atoms with E-state index in [0.717, 1.165) is 43.6 Å². The van der Waals surface area contributed by atoms with E-state index in [2.05, 4.69) is 63.1 Å². The Balaban J connectivity index is 1.84. The standard InChI is InChI=1S/C18H24N4/c1-3-21(14-16-9-5-4-6-10-16)17-13-18(20-15(2)19-17)22-11-7-8-12-22/h4-6,9-10,13H,3,7-8,11-12,14H2,1-2H3. The van der Waals surface area contributed by atoms with Crippen molar-refractivity contribution in [1.82, 2.24) is 9.97 Å². The lowest BCUT2D eigenvalue weighted by atomic mass is 10.2. The van der Waals surface area contributed by atoms with Gasteiger partial charge in [0.25, 0.3) is 0 Å². The van der Waals surface area contributed by atoms with Gasteiger partial charge in [-0.3, -0.25) is 0 Å². The highest BCUT2D eigenvalue weighted by Crippen LogP contribution is 2.23. The van der Waals surface area contributed by atoms with Gasteiger partial charge in [0.2, 0.25) is 0 Å². The average Bonchev–Trinajstić information content (AvgIpc) is 3.07. The molecule has 0 saturated carbocycles. The Hall–Kier alpha value is -2.10. The molecule has 0 bridgehead atoms. The Bertz CT molecular complexity index is 606. The molecule has 2 heterocycles. The van der Waals surface area contributed by atoms with Gasteiger partial charge in [-0.15, -0.1) is 0 Å². The summed E-state index contributed by atoms with van der Waals surface area (Å²) in [4.78, 5) is 14.0. The smallest absolute Gasteiger partial charge is 0.134 e. The molecular weight excluding hydrogens is 272 g/mol. The number of rotatable bonds is 5. The predicted molar refractivity (Wildman–Crippen MR) is 91.4 cm³/mol.